The van der Waals surface area contributed by atoms with Crippen molar-refractivity contribution in [1.82, 2.24) is 29.5 Å². The van der Waals surface area contributed by atoms with E-state index in [-0.39, 0.29) is 5.91 Å². The Balaban J connectivity index is 1.41. The van der Waals surface area contributed by atoms with Crippen LogP contribution in [0.5, 0.6) is 0 Å². The van der Waals surface area contributed by atoms with Gasteiger partial charge in [0.25, 0.3) is 0 Å². The van der Waals surface area contributed by atoms with E-state index in [1.54, 1.807) is 15.8 Å². The van der Waals surface area contributed by atoms with Crippen molar-refractivity contribution in [1.29, 1.82) is 0 Å². The molecule has 3 aromatic rings. The SMILES string of the molecule is CCNC(=NCCn1cnc2ccccc21)N1CCN(c2cnn(C)c2)C(=O)C1. The molecule has 1 saturated heterocycles. The maximum atomic E-state index is 12.7. The van der Waals surface area contributed by atoms with Gasteiger partial charge in [0.05, 0.1) is 35.8 Å². The van der Waals surface area contributed by atoms with Gasteiger partial charge in [0.15, 0.2) is 5.96 Å². The Bertz CT molecular complexity index is 1020. The van der Waals surface area contributed by atoms with Crippen LogP contribution in [0, 0.1) is 0 Å². The molecular weight excluding hydrogens is 368 g/mol. The lowest BCUT2D eigenvalue weighted by Crippen LogP contribution is -2.55. The van der Waals surface area contributed by atoms with Gasteiger partial charge in [0.1, 0.15) is 6.54 Å². The zero-order chi connectivity index (χ0) is 20.2. The van der Waals surface area contributed by atoms with Gasteiger partial charge in [-0.2, -0.15) is 5.10 Å². The van der Waals surface area contributed by atoms with E-state index in [0.29, 0.717) is 19.6 Å². The number of guanidine groups is 1. The Labute approximate surface area is 169 Å². The van der Waals surface area contributed by atoms with E-state index in [4.69, 9.17) is 4.99 Å². The van der Waals surface area contributed by atoms with E-state index in [1.807, 2.05) is 49.6 Å². The maximum Gasteiger partial charge on any atom is 0.246 e. The Morgan fingerprint density at radius 2 is 2.14 bits per heavy atom. The Kier molecular flexibility index (Phi) is 5.46. The topological polar surface area (TPSA) is 83.6 Å². The van der Waals surface area contributed by atoms with Crippen molar-refractivity contribution in [2.45, 2.75) is 13.5 Å². The molecule has 1 aliphatic rings. The second-order valence-corrected chi connectivity index (χ2v) is 7.00. The number of carbonyl (C=O) groups excluding carboxylic acids is 1. The number of para-hydroxylation sites is 2. The summed E-state index contributed by atoms with van der Waals surface area (Å²) >= 11 is 0. The molecule has 1 aliphatic heterocycles. The first-order valence-electron chi connectivity index (χ1n) is 9.88. The number of fused-ring (bicyclic) bond motifs is 1. The van der Waals surface area contributed by atoms with Crippen molar-refractivity contribution in [2.75, 3.05) is 37.6 Å². The standard InChI is InChI=1S/C20H26N8O/c1-3-21-20(22-8-9-27-15-23-17-6-4-5-7-18(17)27)26-10-11-28(19(29)14-26)16-12-24-25(2)13-16/h4-7,12-13,15H,3,8-11,14H2,1-2H3,(H,21,22). The summed E-state index contributed by atoms with van der Waals surface area (Å²) in [7, 11) is 1.85. The molecule has 0 unspecified atom stereocenters. The van der Waals surface area contributed by atoms with E-state index in [9.17, 15) is 4.79 Å². The fourth-order valence-corrected chi connectivity index (χ4v) is 3.55. The zero-order valence-electron chi connectivity index (χ0n) is 16.8. The number of aliphatic imine (C=N–C) groups is 1. The van der Waals surface area contributed by atoms with Gasteiger partial charge in [-0.25, -0.2) is 4.98 Å². The van der Waals surface area contributed by atoms with E-state index in [2.05, 4.69) is 26.0 Å². The highest BCUT2D eigenvalue weighted by atomic mass is 16.2. The molecule has 152 valence electrons. The number of anilines is 1. The molecule has 4 rings (SSSR count). The van der Waals surface area contributed by atoms with Gasteiger partial charge in [0.2, 0.25) is 5.91 Å². The molecule has 29 heavy (non-hydrogen) atoms. The van der Waals surface area contributed by atoms with Gasteiger partial charge < -0.3 is 19.7 Å². The molecule has 1 amide bonds. The number of imidazole rings is 1. The summed E-state index contributed by atoms with van der Waals surface area (Å²) in [5, 5.41) is 7.47. The molecular formula is C20H26N8O. The number of amides is 1. The lowest BCUT2D eigenvalue weighted by Gasteiger charge is -2.35. The average Bonchev–Trinajstić information content (AvgIpc) is 3.34. The lowest BCUT2D eigenvalue weighted by molar-refractivity contribution is -0.120. The quantitative estimate of drug-likeness (QED) is 0.517. The van der Waals surface area contributed by atoms with Crippen LogP contribution in [0.2, 0.25) is 0 Å². The molecule has 3 heterocycles. The molecule has 0 radical (unpaired) electrons. The van der Waals surface area contributed by atoms with E-state index < -0.39 is 0 Å². The molecule has 9 heteroatoms. The zero-order valence-corrected chi connectivity index (χ0v) is 16.8. The predicted molar refractivity (Wildman–Crippen MR) is 113 cm³/mol. The number of hydrogen-bond donors (Lipinski definition) is 1. The smallest absolute Gasteiger partial charge is 0.246 e. The van der Waals surface area contributed by atoms with Gasteiger partial charge in [-0.1, -0.05) is 12.1 Å². The van der Waals surface area contributed by atoms with Crippen molar-refractivity contribution >= 4 is 28.6 Å². The molecule has 0 saturated carbocycles. The van der Waals surface area contributed by atoms with Crippen molar-refractivity contribution < 1.29 is 4.79 Å². The van der Waals surface area contributed by atoms with Gasteiger partial charge in [-0.15, -0.1) is 0 Å². The Morgan fingerprint density at radius 3 is 2.90 bits per heavy atom. The summed E-state index contributed by atoms with van der Waals surface area (Å²) in [4.78, 5) is 25.7. The van der Waals surface area contributed by atoms with Crippen LogP contribution < -0.4 is 10.2 Å². The van der Waals surface area contributed by atoms with E-state index in [1.165, 1.54) is 0 Å². The van der Waals surface area contributed by atoms with Crippen LogP contribution in [0.3, 0.4) is 0 Å². The second-order valence-electron chi connectivity index (χ2n) is 7.00. The number of carbonyl (C=O) groups is 1. The molecule has 1 aromatic carbocycles. The van der Waals surface area contributed by atoms with Crippen LogP contribution in [0.15, 0.2) is 48.0 Å². The largest absolute Gasteiger partial charge is 0.357 e. The highest BCUT2D eigenvalue weighted by molar-refractivity contribution is 5.98. The predicted octanol–water partition coefficient (Wildman–Crippen LogP) is 1.08. The van der Waals surface area contributed by atoms with Gasteiger partial charge >= 0.3 is 0 Å². The molecule has 1 N–H and O–H groups in total. The highest BCUT2D eigenvalue weighted by Gasteiger charge is 2.27. The van der Waals surface area contributed by atoms with Gasteiger partial charge in [-0.05, 0) is 19.1 Å². The number of aryl methyl sites for hydroxylation is 1. The monoisotopic (exact) mass is 394 g/mol. The third-order valence-electron chi connectivity index (χ3n) is 4.99. The molecule has 0 aliphatic carbocycles. The van der Waals surface area contributed by atoms with Crippen molar-refractivity contribution in [3.8, 4) is 0 Å². The minimum Gasteiger partial charge on any atom is -0.357 e. The molecule has 9 nitrogen and oxygen atoms in total. The highest BCUT2D eigenvalue weighted by Crippen LogP contribution is 2.16. The number of nitrogens with zero attached hydrogens (tertiary/aromatic N) is 7. The molecule has 1 fully saturated rings. The lowest BCUT2D eigenvalue weighted by atomic mass is 10.3. The Morgan fingerprint density at radius 1 is 1.28 bits per heavy atom. The van der Waals surface area contributed by atoms with Crippen LogP contribution in [0.25, 0.3) is 11.0 Å². The van der Waals surface area contributed by atoms with Gasteiger partial charge in [-0.3, -0.25) is 14.5 Å². The summed E-state index contributed by atoms with van der Waals surface area (Å²) in [6.45, 7) is 5.77. The van der Waals surface area contributed by atoms with Gasteiger partial charge in [0, 0.05) is 39.4 Å². The minimum atomic E-state index is 0.0513. The van der Waals surface area contributed by atoms with Crippen molar-refractivity contribution in [3.63, 3.8) is 0 Å². The summed E-state index contributed by atoms with van der Waals surface area (Å²) in [5.74, 6) is 0.826. The number of piperazine rings is 1. The van der Waals surface area contributed by atoms with Crippen molar-refractivity contribution in [2.24, 2.45) is 12.0 Å². The molecule has 0 bridgehead atoms. The van der Waals surface area contributed by atoms with Crippen LogP contribution in [0.4, 0.5) is 5.69 Å². The number of aromatic nitrogens is 4. The Hall–Kier alpha value is -3.36. The van der Waals surface area contributed by atoms with Crippen LogP contribution in [-0.4, -0.2) is 68.8 Å². The number of hydrogen-bond acceptors (Lipinski definition) is 4. The van der Waals surface area contributed by atoms with Crippen molar-refractivity contribution in [3.05, 3.63) is 43.0 Å². The second kappa shape index (κ2) is 8.34. The molecule has 2 aromatic heterocycles. The summed E-state index contributed by atoms with van der Waals surface area (Å²) < 4.78 is 3.81. The molecule has 0 atom stereocenters. The third kappa shape index (κ3) is 4.08. The first-order chi connectivity index (χ1) is 14.2. The average molecular weight is 394 g/mol. The van der Waals surface area contributed by atoms with Crippen LogP contribution in [0.1, 0.15) is 6.92 Å². The number of nitrogens with one attached hydrogen (secondary N) is 1. The van der Waals surface area contributed by atoms with Crippen LogP contribution in [-0.2, 0) is 18.4 Å². The molecule has 0 spiro atoms. The van der Waals surface area contributed by atoms with E-state index in [0.717, 1.165) is 42.3 Å². The first-order valence-corrected chi connectivity index (χ1v) is 9.88. The fraction of sp³-hybridized carbons (Fsp3) is 0.400. The number of rotatable bonds is 5. The number of benzene rings is 1. The fourth-order valence-electron chi connectivity index (χ4n) is 3.55. The third-order valence-corrected chi connectivity index (χ3v) is 4.99. The normalized spacial score (nSPS) is 15.4. The first kappa shape index (κ1) is 19.0. The minimum absolute atomic E-state index is 0.0513. The summed E-state index contributed by atoms with van der Waals surface area (Å²) in [6.07, 6.45) is 5.44. The van der Waals surface area contributed by atoms with Crippen LogP contribution >= 0.6 is 0 Å². The summed E-state index contributed by atoms with van der Waals surface area (Å²) in [5.41, 5.74) is 2.93. The maximum absolute atomic E-state index is 12.7. The van der Waals surface area contributed by atoms with E-state index >= 15 is 0 Å². The summed E-state index contributed by atoms with van der Waals surface area (Å²) in [6, 6.07) is 8.07.